The lowest BCUT2D eigenvalue weighted by Gasteiger charge is -1.99. The monoisotopic (exact) mass is 540 g/mol. The van der Waals surface area contributed by atoms with E-state index in [1.165, 1.54) is 31.4 Å². The minimum atomic E-state index is -3.61. The normalized spacial score (nSPS) is 9.85. The molecular formula is C25H18BrClN2O3S. The number of hydrogen-bond acceptors (Lipinski definition) is 4. The molecule has 0 unspecified atom stereocenters. The van der Waals surface area contributed by atoms with Gasteiger partial charge in [0.15, 0.2) is 5.52 Å². The van der Waals surface area contributed by atoms with E-state index in [1.807, 2.05) is 60.7 Å². The van der Waals surface area contributed by atoms with E-state index in [-0.39, 0.29) is 4.90 Å². The highest BCUT2D eigenvalue weighted by molar-refractivity contribution is 9.10. The van der Waals surface area contributed by atoms with Crippen molar-refractivity contribution in [2.45, 2.75) is 4.90 Å². The van der Waals surface area contributed by atoms with Gasteiger partial charge in [0.1, 0.15) is 5.75 Å². The molecule has 0 aliphatic heterocycles. The van der Waals surface area contributed by atoms with Gasteiger partial charge in [-0.1, -0.05) is 64.8 Å². The molecule has 0 spiro atoms. The number of aromatic nitrogens is 1. The Morgan fingerprint density at radius 3 is 2.15 bits per heavy atom. The number of methoxy groups -OCH3 is 1. The van der Waals surface area contributed by atoms with Gasteiger partial charge in [-0.15, -0.1) is 11.4 Å². The molecule has 1 aromatic heterocycles. The molecule has 8 heteroatoms. The summed E-state index contributed by atoms with van der Waals surface area (Å²) >= 11 is 3.30. The highest BCUT2D eigenvalue weighted by Gasteiger charge is 2.08. The number of para-hydroxylation sites is 1. The van der Waals surface area contributed by atoms with Crippen LogP contribution in [0.5, 0.6) is 5.75 Å². The van der Waals surface area contributed by atoms with E-state index in [9.17, 15) is 8.42 Å². The van der Waals surface area contributed by atoms with Crippen molar-refractivity contribution < 1.29 is 13.2 Å². The molecule has 0 bridgehead atoms. The van der Waals surface area contributed by atoms with E-state index < -0.39 is 9.05 Å². The van der Waals surface area contributed by atoms with Crippen molar-refractivity contribution in [3.8, 4) is 18.1 Å². The maximum Gasteiger partial charge on any atom is 0.284 e. The van der Waals surface area contributed by atoms with E-state index in [2.05, 4.69) is 31.7 Å². The lowest BCUT2D eigenvalue weighted by Crippen LogP contribution is -1.90. The van der Waals surface area contributed by atoms with Crippen molar-refractivity contribution >= 4 is 52.4 Å². The number of terminal acetylenes is 1. The van der Waals surface area contributed by atoms with Gasteiger partial charge in [-0.25, -0.2) is 8.42 Å². The van der Waals surface area contributed by atoms with Crippen LogP contribution < -0.4 is 4.74 Å². The molecule has 0 amide bonds. The van der Waals surface area contributed by atoms with Crippen LogP contribution in [0.2, 0.25) is 0 Å². The number of nitrogens with zero attached hydrogens (tertiary/aromatic N) is 2. The van der Waals surface area contributed by atoms with Crippen molar-refractivity contribution in [3.05, 3.63) is 106 Å². The Kier molecular flexibility index (Phi) is 9.90. The Bertz CT molecular complexity index is 1400. The van der Waals surface area contributed by atoms with Crippen molar-refractivity contribution in [1.29, 1.82) is 0 Å². The molecular weight excluding hydrogens is 524 g/mol. The van der Waals surface area contributed by atoms with E-state index >= 15 is 0 Å². The standard InChI is InChI=1S/C10H5BrN2.C8H6.C7H7ClO3S/c1-12-10-8(11)6-7-4-2-3-5-9(7)13-10;1-2-8-6-4-3-5-7-8;1-11-6-2-4-7(5-3-6)12(8,9)10/h2-6H;1,3-7H;2-5H,1H3. The van der Waals surface area contributed by atoms with Crippen LogP contribution in [-0.2, 0) is 9.05 Å². The summed E-state index contributed by atoms with van der Waals surface area (Å²) < 4.78 is 27.1. The van der Waals surface area contributed by atoms with Crippen molar-refractivity contribution in [2.24, 2.45) is 0 Å². The summed E-state index contributed by atoms with van der Waals surface area (Å²) in [6.45, 7) is 6.89. The molecule has 4 rings (SSSR count). The summed E-state index contributed by atoms with van der Waals surface area (Å²) in [7, 11) is 2.98. The number of pyridine rings is 1. The van der Waals surface area contributed by atoms with E-state index in [0.717, 1.165) is 20.9 Å². The maximum atomic E-state index is 10.8. The fourth-order valence-electron chi connectivity index (χ4n) is 2.43. The predicted molar refractivity (Wildman–Crippen MR) is 136 cm³/mol. The number of hydrogen-bond donors (Lipinski definition) is 0. The van der Waals surface area contributed by atoms with Crippen LogP contribution in [0.15, 0.2) is 94.3 Å². The summed E-state index contributed by atoms with van der Waals surface area (Å²) in [6, 6.07) is 25.1. The van der Waals surface area contributed by atoms with Crippen molar-refractivity contribution in [2.75, 3.05) is 7.11 Å². The Hall–Kier alpha value is -3.36. The van der Waals surface area contributed by atoms with Crippen molar-refractivity contribution in [1.82, 2.24) is 4.98 Å². The van der Waals surface area contributed by atoms with E-state index in [4.69, 9.17) is 28.4 Å². The summed E-state index contributed by atoms with van der Waals surface area (Å²) in [4.78, 5) is 7.58. The van der Waals surface area contributed by atoms with Gasteiger partial charge in [0.05, 0.1) is 12.0 Å². The summed E-state index contributed by atoms with van der Waals surface area (Å²) in [5, 5.41) is 1.04. The van der Waals surface area contributed by atoms with E-state index in [1.54, 1.807) is 0 Å². The zero-order valence-electron chi connectivity index (χ0n) is 17.4. The number of ether oxygens (including phenoxy) is 1. The van der Waals surface area contributed by atoms with Crippen LogP contribution in [-0.4, -0.2) is 20.5 Å². The first-order valence-corrected chi connectivity index (χ1v) is 12.4. The second kappa shape index (κ2) is 12.6. The molecule has 3 aromatic carbocycles. The highest BCUT2D eigenvalue weighted by atomic mass is 79.9. The zero-order chi connectivity index (χ0) is 24.3. The lowest BCUT2D eigenvalue weighted by molar-refractivity contribution is 0.414. The van der Waals surface area contributed by atoms with Gasteiger partial charge in [0.2, 0.25) is 0 Å². The van der Waals surface area contributed by atoms with Crippen molar-refractivity contribution in [3.63, 3.8) is 0 Å². The van der Waals surface area contributed by atoms with E-state index in [0.29, 0.717) is 11.6 Å². The molecule has 0 aliphatic carbocycles. The largest absolute Gasteiger partial charge is 0.497 e. The molecule has 33 heavy (non-hydrogen) atoms. The molecule has 0 saturated heterocycles. The molecule has 166 valence electrons. The van der Waals surface area contributed by atoms with Gasteiger partial charge in [0.25, 0.3) is 14.9 Å². The third kappa shape index (κ3) is 8.25. The predicted octanol–water partition coefficient (Wildman–Crippen LogP) is 6.84. The molecule has 4 aromatic rings. The summed E-state index contributed by atoms with van der Waals surface area (Å²) in [5.41, 5.74) is 1.80. The topological polar surface area (TPSA) is 60.6 Å². The van der Waals surface area contributed by atoms with Gasteiger partial charge in [-0.2, -0.15) is 0 Å². The number of fused-ring (bicyclic) bond motifs is 1. The number of rotatable bonds is 2. The number of halogens is 2. The minimum absolute atomic E-state index is 0.0740. The van der Waals surface area contributed by atoms with Gasteiger partial charge < -0.3 is 9.58 Å². The first kappa shape index (κ1) is 25.9. The summed E-state index contributed by atoms with van der Waals surface area (Å²) in [6.07, 6.45) is 5.10. The smallest absolute Gasteiger partial charge is 0.284 e. The molecule has 0 saturated carbocycles. The summed E-state index contributed by atoms with van der Waals surface area (Å²) in [5.74, 6) is 3.54. The minimum Gasteiger partial charge on any atom is -0.497 e. The molecule has 0 aliphatic rings. The Labute approximate surface area is 206 Å². The van der Waals surface area contributed by atoms with Gasteiger partial charge in [-0.3, -0.25) is 0 Å². The molecule has 0 fully saturated rings. The first-order chi connectivity index (χ1) is 15.8. The average Bonchev–Trinajstić information content (AvgIpc) is 2.84. The fraction of sp³-hybridized carbons (Fsp3) is 0.0400. The third-order valence-electron chi connectivity index (χ3n) is 4.05. The van der Waals surface area contributed by atoms with Gasteiger partial charge in [0, 0.05) is 26.1 Å². The second-order valence-corrected chi connectivity index (χ2v) is 9.64. The number of benzene rings is 3. The second-order valence-electron chi connectivity index (χ2n) is 6.22. The van der Waals surface area contributed by atoms with Crippen LogP contribution in [0, 0.1) is 18.9 Å². The molecule has 5 nitrogen and oxygen atoms in total. The lowest BCUT2D eigenvalue weighted by atomic mass is 10.2. The zero-order valence-corrected chi connectivity index (χ0v) is 20.6. The quantitative estimate of drug-likeness (QED) is 0.158. The molecule has 0 N–H and O–H groups in total. The van der Waals surface area contributed by atoms with Gasteiger partial charge in [-0.05, 0) is 48.5 Å². The first-order valence-electron chi connectivity index (χ1n) is 9.31. The fourth-order valence-corrected chi connectivity index (χ4v) is 3.62. The Morgan fingerprint density at radius 2 is 1.64 bits per heavy atom. The third-order valence-corrected chi connectivity index (χ3v) is 6.00. The average molecular weight is 542 g/mol. The SMILES string of the molecule is C#Cc1ccccc1.COc1ccc(S(=O)(=O)Cl)cc1.[C-]#[N+]c1nc2ccccc2cc1Br. The Morgan fingerprint density at radius 1 is 1.03 bits per heavy atom. The molecule has 0 radical (unpaired) electrons. The highest BCUT2D eigenvalue weighted by Crippen LogP contribution is 2.27. The maximum absolute atomic E-state index is 10.8. The van der Waals surface area contributed by atoms with Crippen LogP contribution in [0.1, 0.15) is 5.56 Å². The molecule has 1 heterocycles. The molecule has 0 atom stereocenters. The van der Waals surface area contributed by atoms with Crippen LogP contribution >= 0.6 is 26.6 Å². The van der Waals surface area contributed by atoms with Gasteiger partial charge >= 0.3 is 0 Å². The van der Waals surface area contributed by atoms with Crippen LogP contribution in [0.25, 0.3) is 15.7 Å². The van der Waals surface area contributed by atoms with Crippen LogP contribution in [0.3, 0.4) is 0 Å². The Balaban J connectivity index is 0.000000180. The van der Waals surface area contributed by atoms with Crippen LogP contribution in [0.4, 0.5) is 5.82 Å².